The van der Waals surface area contributed by atoms with Gasteiger partial charge in [-0.15, -0.1) is 22.9 Å². The van der Waals surface area contributed by atoms with Gasteiger partial charge in [-0.1, -0.05) is 18.5 Å². The molecule has 1 heterocycles. The fourth-order valence-electron chi connectivity index (χ4n) is 1.27. The second-order valence-electron chi connectivity index (χ2n) is 3.08. The minimum atomic E-state index is 0.0226. The molecule has 5 heteroatoms. The largest absolute Gasteiger partial charge is 0.337 e. The Hall–Kier alpha value is -0.250. The van der Waals surface area contributed by atoms with Crippen molar-refractivity contribution in [2.75, 3.05) is 19.0 Å². The average Bonchev–Trinajstić information content (AvgIpc) is 2.63. The van der Waals surface area contributed by atoms with Gasteiger partial charge in [0.05, 0.1) is 9.21 Å². The van der Waals surface area contributed by atoms with Crippen molar-refractivity contribution in [2.45, 2.75) is 13.3 Å². The highest BCUT2D eigenvalue weighted by molar-refractivity contribution is 7.17. The van der Waals surface area contributed by atoms with Crippen LogP contribution < -0.4 is 0 Å². The first-order valence-electron chi connectivity index (χ1n) is 4.79. The van der Waals surface area contributed by atoms with E-state index < -0.39 is 0 Å². The standard InChI is InChI=1S/C10H13Cl2NOS/c1-2-6-13(7-5-11)10(14)8-3-4-9(12)15-8/h3-4H,2,5-7H2,1H3. The van der Waals surface area contributed by atoms with Crippen LogP contribution in [0.25, 0.3) is 0 Å². The summed E-state index contributed by atoms with van der Waals surface area (Å²) >= 11 is 12.7. The number of halogens is 2. The molecule has 15 heavy (non-hydrogen) atoms. The molecule has 0 aliphatic heterocycles. The molecule has 0 radical (unpaired) electrons. The first kappa shape index (κ1) is 12.8. The van der Waals surface area contributed by atoms with Crippen LogP contribution in [0.4, 0.5) is 0 Å². The maximum Gasteiger partial charge on any atom is 0.264 e. The molecule has 0 aliphatic rings. The van der Waals surface area contributed by atoms with Gasteiger partial charge in [0.1, 0.15) is 0 Å². The topological polar surface area (TPSA) is 20.3 Å². The molecule has 1 aromatic rings. The maximum atomic E-state index is 12.0. The first-order valence-corrected chi connectivity index (χ1v) is 6.52. The normalized spacial score (nSPS) is 10.3. The molecule has 1 rings (SSSR count). The van der Waals surface area contributed by atoms with Gasteiger partial charge >= 0.3 is 0 Å². The van der Waals surface area contributed by atoms with Crippen LogP contribution in [0.5, 0.6) is 0 Å². The van der Waals surface area contributed by atoms with Crippen molar-refractivity contribution in [3.63, 3.8) is 0 Å². The fourth-order valence-corrected chi connectivity index (χ4v) is 2.49. The summed E-state index contributed by atoms with van der Waals surface area (Å²) in [5.41, 5.74) is 0. The lowest BCUT2D eigenvalue weighted by Gasteiger charge is -2.19. The number of thiophene rings is 1. The van der Waals surface area contributed by atoms with E-state index in [9.17, 15) is 4.79 Å². The predicted octanol–water partition coefficient (Wildman–Crippen LogP) is 3.49. The molecule has 0 saturated heterocycles. The Balaban J connectivity index is 2.71. The quantitative estimate of drug-likeness (QED) is 0.747. The SMILES string of the molecule is CCCN(CCCl)C(=O)c1ccc(Cl)s1. The zero-order chi connectivity index (χ0) is 11.3. The van der Waals surface area contributed by atoms with Crippen molar-refractivity contribution in [2.24, 2.45) is 0 Å². The predicted molar refractivity (Wildman–Crippen MR) is 66.2 cm³/mol. The third-order valence-electron chi connectivity index (χ3n) is 1.92. The highest BCUT2D eigenvalue weighted by atomic mass is 35.5. The molecule has 0 N–H and O–H groups in total. The van der Waals surface area contributed by atoms with Gasteiger partial charge in [0, 0.05) is 19.0 Å². The Kier molecular flexibility index (Phi) is 5.43. The molecule has 0 spiro atoms. The van der Waals surface area contributed by atoms with Crippen LogP contribution in [0, 0.1) is 0 Å². The summed E-state index contributed by atoms with van der Waals surface area (Å²) < 4.78 is 0.640. The molecule has 1 aromatic heterocycles. The number of carbonyl (C=O) groups is 1. The van der Waals surface area contributed by atoms with Crippen LogP contribution in [-0.2, 0) is 0 Å². The summed E-state index contributed by atoms with van der Waals surface area (Å²) in [4.78, 5) is 14.4. The van der Waals surface area contributed by atoms with Crippen molar-refractivity contribution in [3.05, 3.63) is 21.3 Å². The van der Waals surface area contributed by atoms with Gasteiger partial charge in [0.2, 0.25) is 0 Å². The van der Waals surface area contributed by atoms with Crippen LogP contribution in [0.15, 0.2) is 12.1 Å². The molecule has 0 aliphatic carbocycles. The third-order valence-corrected chi connectivity index (χ3v) is 3.31. The Morgan fingerprint density at radius 1 is 1.47 bits per heavy atom. The molecule has 1 amide bonds. The molecular weight excluding hydrogens is 253 g/mol. The van der Waals surface area contributed by atoms with E-state index >= 15 is 0 Å². The summed E-state index contributed by atoms with van der Waals surface area (Å²) in [5.74, 6) is 0.486. The van der Waals surface area contributed by atoms with E-state index in [0.29, 0.717) is 21.6 Å². The number of hydrogen-bond donors (Lipinski definition) is 0. The average molecular weight is 266 g/mol. The second kappa shape index (κ2) is 6.36. The Labute approximate surface area is 104 Å². The maximum absolute atomic E-state index is 12.0. The highest BCUT2D eigenvalue weighted by Gasteiger charge is 2.15. The zero-order valence-electron chi connectivity index (χ0n) is 8.50. The fraction of sp³-hybridized carbons (Fsp3) is 0.500. The highest BCUT2D eigenvalue weighted by Crippen LogP contribution is 2.22. The molecule has 0 bridgehead atoms. The summed E-state index contributed by atoms with van der Waals surface area (Å²) in [6.45, 7) is 3.36. The number of carbonyl (C=O) groups excluding carboxylic acids is 1. The number of amides is 1. The van der Waals surface area contributed by atoms with Gasteiger partial charge < -0.3 is 4.90 Å². The van der Waals surface area contributed by atoms with Gasteiger partial charge in [0.15, 0.2) is 0 Å². The first-order chi connectivity index (χ1) is 7.19. The number of alkyl halides is 1. The van der Waals surface area contributed by atoms with Crippen LogP contribution in [0.3, 0.4) is 0 Å². The zero-order valence-corrected chi connectivity index (χ0v) is 10.8. The smallest absolute Gasteiger partial charge is 0.264 e. The molecule has 0 unspecified atom stereocenters. The Morgan fingerprint density at radius 3 is 2.67 bits per heavy atom. The second-order valence-corrected chi connectivity index (χ2v) is 5.18. The minimum Gasteiger partial charge on any atom is -0.337 e. The van der Waals surface area contributed by atoms with Crippen LogP contribution in [-0.4, -0.2) is 29.8 Å². The monoisotopic (exact) mass is 265 g/mol. The number of rotatable bonds is 5. The molecule has 0 fully saturated rings. The van der Waals surface area contributed by atoms with Gasteiger partial charge in [-0.2, -0.15) is 0 Å². The molecular formula is C10H13Cl2NOS. The van der Waals surface area contributed by atoms with E-state index in [4.69, 9.17) is 23.2 Å². The van der Waals surface area contributed by atoms with E-state index in [1.54, 1.807) is 17.0 Å². The summed E-state index contributed by atoms with van der Waals surface area (Å²) in [6.07, 6.45) is 0.932. The van der Waals surface area contributed by atoms with Crippen molar-refractivity contribution in [1.82, 2.24) is 4.90 Å². The van der Waals surface area contributed by atoms with E-state index in [-0.39, 0.29) is 5.91 Å². The summed E-state index contributed by atoms with van der Waals surface area (Å²) in [5, 5.41) is 0. The molecule has 0 aromatic carbocycles. The lowest BCUT2D eigenvalue weighted by molar-refractivity contribution is 0.0770. The van der Waals surface area contributed by atoms with E-state index in [1.165, 1.54) is 11.3 Å². The number of nitrogens with zero attached hydrogens (tertiary/aromatic N) is 1. The molecule has 0 atom stereocenters. The molecule has 2 nitrogen and oxygen atoms in total. The van der Waals surface area contributed by atoms with E-state index in [0.717, 1.165) is 13.0 Å². The van der Waals surface area contributed by atoms with Crippen LogP contribution in [0.1, 0.15) is 23.0 Å². The third kappa shape index (κ3) is 3.67. The van der Waals surface area contributed by atoms with Gasteiger partial charge in [-0.25, -0.2) is 0 Å². The Bertz CT molecular complexity index is 321. The number of hydrogen-bond acceptors (Lipinski definition) is 2. The van der Waals surface area contributed by atoms with Gasteiger partial charge in [-0.05, 0) is 18.6 Å². The Morgan fingerprint density at radius 2 is 2.20 bits per heavy atom. The van der Waals surface area contributed by atoms with Crippen molar-refractivity contribution in [3.8, 4) is 0 Å². The summed E-state index contributed by atoms with van der Waals surface area (Å²) in [7, 11) is 0. The lowest BCUT2D eigenvalue weighted by atomic mass is 10.3. The van der Waals surface area contributed by atoms with E-state index in [2.05, 4.69) is 0 Å². The summed E-state index contributed by atoms with van der Waals surface area (Å²) in [6, 6.07) is 3.50. The van der Waals surface area contributed by atoms with Crippen molar-refractivity contribution < 1.29 is 4.79 Å². The van der Waals surface area contributed by atoms with Crippen molar-refractivity contribution in [1.29, 1.82) is 0 Å². The lowest BCUT2D eigenvalue weighted by Crippen LogP contribution is -2.32. The van der Waals surface area contributed by atoms with Crippen molar-refractivity contribution >= 4 is 40.4 Å². The molecule has 84 valence electrons. The van der Waals surface area contributed by atoms with Crippen LogP contribution in [0.2, 0.25) is 4.34 Å². The van der Waals surface area contributed by atoms with Crippen LogP contribution >= 0.6 is 34.5 Å². The van der Waals surface area contributed by atoms with Gasteiger partial charge in [0.25, 0.3) is 5.91 Å². The van der Waals surface area contributed by atoms with E-state index in [1.807, 2.05) is 6.92 Å². The minimum absolute atomic E-state index is 0.0226. The molecule has 0 saturated carbocycles. The van der Waals surface area contributed by atoms with Gasteiger partial charge in [-0.3, -0.25) is 4.79 Å².